The van der Waals surface area contributed by atoms with E-state index in [1.807, 2.05) is 0 Å². The molecule has 1 aromatic rings. The van der Waals surface area contributed by atoms with Crippen molar-refractivity contribution >= 4 is 29.8 Å². The first-order valence-electron chi connectivity index (χ1n) is 5.61. The topological polar surface area (TPSA) is 179 Å². The van der Waals surface area contributed by atoms with E-state index in [0.717, 1.165) is 0 Å². The Morgan fingerprint density at radius 1 is 0.905 bits per heavy atom. The van der Waals surface area contributed by atoms with Gasteiger partial charge in [-0.2, -0.15) is 15.0 Å². The second kappa shape index (κ2) is 8.44. The largest absolute Gasteiger partial charge is 0.480 e. The van der Waals surface area contributed by atoms with Crippen LogP contribution < -0.4 is 16.0 Å². The number of ether oxygens (including phenoxy) is 1. The molecule has 0 amide bonds. The minimum Gasteiger partial charge on any atom is -0.480 e. The molecule has 0 saturated carbocycles. The molecule has 0 fully saturated rings. The lowest BCUT2D eigenvalue weighted by Gasteiger charge is -2.09. The normalized spacial score (nSPS) is 9.95. The molecule has 0 aliphatic rings. The fourth-order valence-electron chi connectivity index (χ4n) is 1.08. The lowest BCUT2D eigenvalue weighted by Crippen LogP contribution is -2.19. The van der Waals surface area contributed by atoms with Crippen molar-refractivity contribution < 1.29 is 29.6 Å². The number of aliphatic hydroxyl groups is 1. The molecule has 1 heterocycles. The second-order valence-corrected chi connectivity index (χ2v) is 3.46. The molecule has 12 nitrogen and oxygen atoms in total. The van der Waals surface area contributed by atoms with Crippen molar-refractivity contribution in [2.75, 3.05) is 42.6 Å². The summed E-state index contributed by atoms with van der Waals surface area (Å²) in [5, 5.41) is 33.0. The van der Waals surface area contributed by atoms with Crippen LogP contribution in [0.15, 0.2) is 0 Å². The average molecular weight is 302 g/mol. The van der Waals surface area contributed by atoms with Gasteiger partial charge in [-0.3, -0.25) is 9.59 Å². The van der Waals surface area contributed by atoms with Crippen molar-refractivity contribution in [1.29, 1.82) is 0 Å². The summed E-state index contributed by atoms with van der Waals surface area (Å²) in [6, 6.07) is 0. The summed E-state index contributed by atoms with van der Waals surface area (Å²) in [7, 11) is 0. The van der Waals surface area contributed by atoms with E-state index in [4.69, 9.17) is 15.3 Å². The minimum atomic E-state index is -1.12. The zero-order valence-corrected chi connectivity index (χ0v) is 10.7. The summed E-state index contributed by atoms with van der Waals surface area (Å²) in [6.07, 6.45) is 0. The van der Waals surface area contributed by atoms with Crippen molar-refractivity contribution in [2.24, 2.45) is 0 Å². The van der Waals surface area contributed by atoms with E-state index in [1.165, 1.54) is 0 Å². The van der Waals surface area contributed by atoms with Crippen LogP contribution in [0.2, 0.25) is 0 Å². The van der Waals surface area contributed by atoms with E-state index < -0.39 is 31.8 Å². The fourth-order valence-corrected chi connectivity index (χ4v) is 1.08. The monoisotopic (exact) mass is 302 g/mol. The Morgan fingerprint density at radius 3 is 1.71 bits per heavy atom. The number of nitrogens with one attached hydrogen (secondary N) is 3. The number of anilines is 3. The summed E-state index contributed by atoms with van der Waals surface area (Å²) >= 11 is 0. The molecule has 0 bridgehead atoms. The lowest BCUT2D eigenvalue weighted by molar-refractivity contribution is -0.135. The van der Waals surface area contributed by atoms with Gasteiger partial charge in [-0.1, -0.05) is 0 Å². The molecule has 12 heteroatoms. The van der Waals surface area contributed by atoms with E-state index in [9.17, 15) is 9.59 Å². The smallest absolute Gasteiger partial charge is 0.322 e. The third-order valence-corrected chi connectivity index (χ3v) is 1.85. The maximum absolute atomic E-state index is 10.5. The van der Waals surface area contributed by atoms with Crippen molar-refractivity contribution in [3.8, 4) is 0 Å². The highest BCUT2D eigenvalue weighted by atomic mass is 16.6. The summed E-state index contributed by atoms with van der Waals surface area (Å²) in [6.45, 7) is -1.45. The Labute approximate surface area is 118 Å². The number of aromatic nitrogens is 3. The highest BCUT2D eigenvalue weighted by Gasteiger charge is 2.08. The Kier molecular flexibility index (Phi) is 6.56. The van der Waals surface area contributed by atoms with Crippen molar-refractivity contribution in [1.82, 2.24) is 15.0 Å². The van der Waals surface area contributed by atoms with Gasteiger partial charge < -0.3 is 36.0 Å². The number of carboxylic acids is 2. The van der Waals surface area contributed by atoms with Crippen LogP contribution in [-0.2, 0) is 14.3 Å². The van der Waals surface area contributed by atoms with Gasteiger partial charge in [0.05, 0.1) is 0 Å². The molecule has 0 atom stereocenters. The van der Waals surface area contributed by atoms with Gasteiger partial charge in [-0.05, 0) is 0 Å². The molecule has 0 aliphatic carbocycles. The number of nitrogens with zero attached hydrogens (tertiary/aromatic N) is 3. The van der Waals surface area contributed by atoms with Gasteiger partial charge in [-0.15, -0.1) is 0 Å². The van der Waals surface area contributed by atoms with Crippen LogP contribution >= 0.6 is 0 Å². The number of aliphatic hydroxyl groups excluding tert-OH is 1. The predicted octanol–water partition coefficient (Wildman–Crippen LogP) is -1.80. The third kappa shape index (κ3) is 6.84. The van der Waals surface area contributed by atoms with Crippen LogP contribution in [0.3, 0.4) is 0 Å². The quantitative estimate of drug-likeness (QED) is 0.211. The summed E-state index contributed by atoms with van der Waals surface area (Å²) in [5.74, 6) is -2.35. The van der Waals surface area contributed by atoms with Crippen molar-refractivity contribution in [2.45, 2.75) is 0 Å². The van der Waals surface area contributed by atoms with E-state index in [1.54, 1.807) is 0 Å². The first-order chi connectivity index (χ1) is 10.0. The van der Waals surface area contributed by atoms with Gasteiger partial charge in [0.2, 0.25) is 17.8 Å². The predicted molar refractivity (Wildman–Crippen MR) is 68.7 cm³/mol. The number of aliphatic carboxylic acids is 2. The number of rotatable bonds is 10. The molecule has 0 radical (unpaired) electrons. The Morgan fingerprint density at radius 2 is 1.33 bits per heavy atom. The molecule has 0 saturated heterocycles. The molecule has 0 aromatic carbocycles. The van der Waals surface area contributed by atoms with Gasteiger partial charge in [-0.25, -0.2) is 0 Å². The minimum absolute atomic E-state index is 0.0132. The zero-order chi connectivity index (χ0) is 15.7. The van der Waals surface area contributed by atoms with Crippen LogP contribution in [0.5, 0.6) is 0 Å². The van der Waals surface area contributed by atoms with Crippen LogP contribution in [0.1, 0.15) is 0 Å². The summed E-state index contributed by atoms with van der Waals surface area (Å²) in [5.41, 5.74) is 0. The van der Waals surface area contributed by atoms with Crippen molar-refractivity contribution in [3.05, 3.63) is 0 Å². The Hall–Kier alpha value is -2.73. The SMILES string of the molecule is O=C(O)CNc1nc(NCOCO)nc(NCC(=O)O)n1. The standard InChI is InChI=1S/C9H14N6O6/c16-4-21-3-12-9-14-7(10-1-5(17)18)13-8(15-9)11-2-6(19)20/h16H,1-4H2,(H,17,18)(H,19,20)(H3,10,11,12,13,14,15). The van der Waals surface area contributed by atoms with Gasteiger partial charge >= 0.3 is 11.9 Å². The molecule has 21 heavy (non-hydrogen) atoms. The van der Waals surface area contributed by atoms with E-state index in [0.29, 0.717) is 0 Å². The molecular weight excluding hydrogens is 288 g/mol. The highest BCUT2D eigenvalue weighted by Crippen LogP contribution is 2.08. The molecule has 0 aliphatic heterocycles. The highest BCUT2D eigenvalue weighted by molar-refractivity contribution is 5.73. The molecule has 0 unspecified atom stereocenters. The van der Waals surface area contributed by atoms with E-state index in [-0.39, 0.29) is 24.6 Å². The Balaban J connectivity index is 2.79. The maximum Gasteiger partial charge on any atom is 0.322 e. The summed E-state index contributed by atoms with van der Waals surface area (Å²) in [4.78, 5) is 32.5. The van der Waals surface area contributed by atoms with Crippen LogP contribution in [-0.4, -0.2) is 68.8 Å². The molecule has 6 N–H and O–H groups in total. The zero-order valence-electron chi connectivity index (χ0n) is 10.7. The number of carbonyl (C=O) groups is 2. The number of hydrogen-bond donors (Lipinski definition) is 6. The number of hydrogen-bond acceptors (Lipinski definition) is 10. The fraction of sp³-hybridized carbons (Fsp3) is 0.444. The van der Waals surface area contributed by atoms with E-state index in [2.05, 4.69) is 35.6 Å². The molecular formula is C9H14N6O6. The van der Waals surface area contributed by atoms with Crippen LogP contribution in [0.25, 0.3) is 0 Å². The van der Waals surface area contributed by atoms with E-state index >= 15 is 0 Å². The van der Waals surface area contributed by atoms with Crippen LogP contribution in [0.4, 0.5) is 17.8 Å². The van der Waals surface area contributed by atoms with Crippen LogP contribution in [0, 0.1) is 0 Å². The summed E-state index contributed by atoms with van der Waals surface area (Å²) < 4.78 is 4.63. The lowest BCUT2D eigenvalue weighted by atomic mass is 10.6. The molecule has 0 spiro atoms. The first-order valence-corrected chi connectivity index (χ1v) is 5.61. The van der Waals surface area contributed by atoms with Gasteiger partial charge in [0.25, 0.3) is 0 Å². The number of carboxylic acid groups (broad SMARTS) is 2. The van der Waals surface area contributed by atoms with Gasteiger partial charge in [0, 0.05) is 0 Å². The second-order valence-electron chi connectivity index (χ2n) is 3.46. The average Bonchev–Trinajstić information content (AvgIpc) is 2.43. The van der Waals surface area contributed by atoms with Gasteiger partial charge in [0.15, 0.2) is 0 Å². The first kappa shape index (κ1) is 16.3. The third-order valence-electron chi connectivity index (χ3n) is 1.85. The maximum atomic E-state index is 10.5. The Bertz CT molecular complexity index is 461. The molecule has 1 rings (SSSR count). The molecule has 1 aromatic heterocycles. The van der Waals surface area contributed by atoms with Crippen molar-refractivity contribution in [3.63, 3.8) is 0 Å². The van der Waals surface area contributed by atoms with Gasteiger partial charge in [0.1, 0.15) is 26.6 Å². The molecule has 116 valence electrons.